The number of carbonyl (C=O) groups excluding carboxylic acids is 1. The maximum atomic E-state index is 11.8. The lowest BCUT2D eigenvalue weighted by atomic mass is 9.97. The molecule has 0 aliphatic heterocycles. The van der Waals surface area contributed by atoms with Gasteiger partial charge in [0, 0.05) is 12.1 Å². The topological polar surface area (TPSA) is 50.4 Å². The van der Waals surface area contributed by atoms with E-state index >= 15 is 0 Å². The minimum Gasteiger partial charge on any atom is -0.484 e. The molecule has 0 aromatic heterocycles. The molecule has 138 valence electrons. The van der Waals surface area contributed by atoms with Crippen molar-refractivity contribution in [2.45, 2.75) is 65.0 Å². The molecule has 0 saturated heterocycles. The van der Waals surface area contributed by atoms with Crippen molar-refractivity contribution >= 4 is 5.91 Å². The molecule has 25 heavy (non-hydrogen) atoms. The highest BCUT2D eigenvalue weighted by molar-refractivity contribution is 5.78. The Kier molecular flexibility index (Phi) is 7.51. The summed E-state index contributed by atoms with van der Waals surface area (Å²) in [7, 11) is 0. The van der Waals surface area contributed by atoms with Gasteiger partial charge in [0.05, 0.1) is 0 Å². The number of hydrogen-bond acceptors (Lipinski definition) is 3. The number of allylic oxidation sites excluding steroid dienone is 1. The second-order valence-electron chi connectivity index (χ2n) is 7.77. The quantitative estimate of drug-likeness (QED) is 0.554. The van der Waals surface area contributed by atoms with E-state index in [1.807, 2.05) is 45.0 Å². The molecule has 0 atom stereocenters. The van der Waals surface area contributed by atoms with Gasteiger partial charge in [0.15, 0.2) is 6.61 Å². The van der Waals surface area contributed by atoms with Crippen LogP contribution < -0.4 is 15.4 Å². The van der Waals surface area contributed by atoms with Gasteiger partial charge in [0.2, 0.25) is 0 Å². The number of benzene rings is 1. The summed E-state index contributed by atoms with van der Waals surface area (Å²) in [5, 5.41) is 6.38. The van der Waals surface area contributed by atoms with E-state index in [1.165, 1.54) is 31.2 Å². The molecule has 1 aliphatic rings. The number of hydrogen-bond donors (Lipinski definition) is 2. The fraction of sp³-hybridized carbons (Fsp3) is 0.571. The van der Waals surface area contributed by atoms with Gasteiger partial charge in [-0.3, -0.25) is 4.79 Å². The Bertz CT molecular complexity index is 571. The Hall–Kier alpha value is -1.81. The van der Waals surface area contributed by atoms with Crippen molar-refractivity contribution in [3.05, 3.63) is 41.5 Å². The predicted octanol–water partition coefficient (Wildman–Crippen LogP) is 3.96. The average Bonchev–Trinajstić information content (AvgIpc) is 2.57. The number of nitrogens with one attached hydrogen (secondary N) is 2. The third-order valence-electron chi connectivity index (χ3n) is 4.14. The van der Waals surface area contributed by atoms with Gasteiger partial charge in [-0.15, -0.1) is 0 Å². The molecule has 0 unspecified atom stereocenters. The van der Waals surface area contributed by atoms with Gasteiger partial charge in [-0.05, 0) is 77.1 Å². The molecule has 4 heteroatoms. The molecule has 2 rings (SSSR count). The Morgan fingerprint density at radius 2 is 1.92 bits per heavy atom. The Morgan fingerprint density at radius 3 is 2.56 bits per heavy atom. The van der Waals surface area contributed by atoms with Crippen LogP contribution >= 0.6 is 0 Å². The number of ether oxygens (including phenoxy) is 1. The number of rotatable bonds is 8. The van der Waals surface area contributed by atoms with Gasteiger partial charge in [-0.25, -0.2) is 0 Å². The maximum Gasteiger partial charge on any atom is 0.258 e. The smallest absolute Gasteiger partial charge is 0.258 e. The zero-order valence-electron chi connectivity index (χ0n) is 15.9. The molecule has 1 amide bonds. The van der Waals surface area contributed by atoms with Gasteiger partial charge < -0.3 is 15.4 Å². The van der Waals surface area contributed by atoms with Crippen molar-refractivity contribution in [3.63, 3.8) is 0 Å². The fourth-order valence-electron chi connectivity index (χ4n) is 2.92. The average molecular weight is 344 g/mol. The van der Waals surface area contributed by atoms with Crippen LogP contribution in [0.5, 0.6) is 5.75 Å². The first-order valence-corrected chi connectivity index (χ1v) is 9.34. The van der Waals surface area contributed by atoms with E-state index in [2.05, 4.69) is 16.7 Å². The van der Waals surface area contributed by atoms with Crippen LogP contribution in [0.25, 0.3) is 0 Å². The van der Waals surface area contributed by atoms with Crippen LogP contribution in [0.1, 0.15) is 58.4 Å². The molecule has 1 aromatic carbocycles. The maximum absolute atomic E-state index is 11.8. The standard InChI is InChI=1S/C21H32N2O2/c1-21(2,3)23-20(24)16-25-19-11-9-18(10-12-19)15-22-14-13-17-7-5-4-6-8-17/h7,9-12,22H,4-6,8,13-16H2,1-3H3,(H,23,24). The zero-order chi connectivity index (χ0) is 18.1. The number of carbonyl (C=O) groups is 1. The summed E-state index contributed by atoms with van der Waals surface area (Å²) in [4.78, 5) is 11.8. The molecule has 1 aliphatic carbocycles. The van der Waals surface area contributed by atoms with Gasteiger partial charge in [0.25, 0.3) is 5.91 Å². The van der Waals surface area contributed by atoms with E-state index in [-0.39, 0.29) is 18.1 Å². The van der Waals surface area contributed by atoms with E-state index in [9.17, 15) is 4.79 Å². The summed E-state index contributed by atoms with van der Waals surface area (Å²) in [6.45, 7) is 7.80. The predicted molar refractivity (Wildman–Crippen MR) is 103 cm³/mol. The second-order valence-corrected chi connectivity index (χ2v) is 7.77. The van der Waals surface area contributed by atoms with Gasteiger partial charge in [0.1, 0.15) is 5.75 Å². The van der Waals surface area contributed by atoms with Crippen molar-refractivity contribution in [1.29, 1.82) is 0 Å². The largest absolute Gasteiger partial charge is 0.484 e. The second kappa shape index (κ2) is 9.62. The first kappa shape index (κ1) is 19.5. The van der Waals surface area contributed by atoms with Crippen LogP contribution in [-0.4, -0.2) is 24.6 Å². The highest BCUT2D eigenvalue weighted by atomic mass is 16.5. The van der Waals surface area contributed by atoms with Crippen LogP contribution in [0.3, 0.4) is 0 Å². The summed E-state index contributed by atoms with van der Waals surface area (Å²) in [6.07, 6.45) is 8.79. The molecule has 0 bridgehead atoms. The minimum absolute atomic E-state index is 0.0456. The van der Waals surface area contributed by atoms with E-state index in [1.54, 1.807) is 5.57 Å². The normalized spacial score (nSPS) is 14.8. The van der Waals surface area contributed by atoms with Crippen LogP contribution in [-0.2, 0) is 11.3 Å². The molecule has 0 saturated carbocycles. The summed E-state index contributed by atoms with van der Waals surface area (Å²) in [5.74, 6) is 0.621. The van der Waals surface area contributed by atoms with E-state index in [0.717, 1.165) is 25.3 Å². The Balaban J connectivity index is 1.65. The van der Waals surface area contributed by atoms with Crippen LogP contribution in [0.15, 0.2) is 35.9 Å². The third-order valence-corrected chi connectivity index (χ3v) is 4.14. The summed E-state index contributed by atoms with van der Waals surface area (Å²) in [5.41, 5.74) is 2.60. The van der Waals surface area contributed by atoms with Crippen molar-refractivity contribution in [3.8, 4) is 5.75 Å². The minimum atomic E-state index is -0.232. The SMILES string of the molecule is CC(C)(C)NC(=O)COc1ccc(CNCCC2=CCCCC2)cc1. The summed E-state index contributed by atoms with van der Waals surface area (Å²) in [6, 6.07) is 7.93. The zero-order valence-corrected chi connectivity index (χ0v) is 15.9. The fourth-order valence-corrected chi connectivity index (χ4v) is 2.92. The lowest BCUT2D eigenvalue weighted by Crippen LogP contribution is -2.43. The first-order valence-electron chi connectivity index (χ1n) is 9.34. The van der Waals surface area contributed by atoms with E-state index in [0.29, 0.717) is 0 Å². The summed E-state index contributed by atoms with van der Waals surface area (Å²) >= 11 is 0. The lowest BCUT2D eigenvalue weighted by Gasteiger charge is -2.20. The highest BCUT2D eigenvalue weighted by Crippen LogP contribution is 2.19. The summed E-state index contributed by atoms with van der Waals surface area (Å²) < 4.78 is 5.53. The van der Waals surface area contributed by atoms with Crippen molar-refractivity contribution in [1.82, 2.24) is 10.6 Å². The molecule has 0 radical (unpaired) electrons. The van der Waals surface area contributed by atoms with E-state index < -0.39 is 0 Å². The van der Waals surface area contributed by atoms with Crippen molar-refractivity contribution < 1.29 is 9.53 Å². The molecule has 2 N–H and O–H groups in total. The van der Waals surface area contributed by atoms with Gasteiger partial charge >= 0.3 is 0 Å². The van der Waals surface area contributed by atoms with Crippen LogP contribution in [0, 0.1) is 0 Å². The molecule has 1 aromatic rings. The highest BCUT2D eigenvalue weighted by Gasteiger charge is 2.13. The molecular formula is C21H32N2O2. The van der Waals surface area contributed by atoms with Crippen molar-refractivity contribution in [2.75, 3.05) is 13.2 Å². The molecular weight excluding hydrogens is 312 g/mol. The molecule has 0 fully saturated rings. The monoisotopic (exact) mass is 344 g/mol. The Labute approximate surface area is 152 Å². The third kappa shape index (κ3) is 8.21. The first-order chi connectivity index (χ1) is 11.9. The Morgan fingerprint density at radius 1 is 1.16 bits per heavy atom. The molecule has 4 nitrogen and oxygen atoms in total. The van der Waals surface area contributed by atoms with Crippen LogP contribution in [0.2, 0.25) is 0 Å². The van der Waals surface area contributed by atoms with Crippen LogP contribution in [0.4, 0.5) is 0 Å². The molecule has 0 heterocycles. The van der Waals surface area contributed by atoms with Gasteiger partial charge in [-0.1, -0.05) is 23.8 Å². The van der Waals surface area contributed by atoms with Crippen molar-refractivity contribution in [2.24, 2.45) is 0 Å². The lowest BCUT2D eigenvalue weighted by molar-refractivity contribution is -0.124. The number of amides is 1. The van der Waals surface area contributed by atoms with Gasteiger partial charge in [-0.2, -0.15) is 0 Å². The van der Waals surface area contributed by atoms with E-state index in [4.69, 9.17) is 4.74 Å². The molecule has 0 spiro atoms.